The van der Waals surface area contributed by atoms with E-state index in [1.807, 2.05) is 0 Å². The van der Waals surface area contributed by atoms with Gasteiger partial charge >= 0.3 is 11.7 Å². The number of nitrogens with zero attached hydrogens (tertiary/aromatic N) is 2. The third-order valence-electron chi connectivity index (χ3n) is 4.66. The van der Waals surface area contributed by atoms with Crippen molar-refractivity contribution >= 4 is 39.1 Å². The molecule has 0 saturated heterocycles. The van der Waals surface area contributed by atoms with Crippen molar-refractivity contribution in [3.8, 4) is 5.69 Å². The molecule has 140 valence electrons. The quantitative estimate of drug-likeness (QED) is 0.627. The van der Waals surface area contributed by atoms with Crippen LogP contribution in [-0.2, 0) is 28.9 Å². The lowest BCUT2D eigenvalue weighted by Gasteiger charge is -2.12. The van der Waals surface area contributed by atoms with Crippen molar-refractivity contribution in [1.82, 2.24) is 9.13 Å². The van der Waals surface area contributed by atoms with Gasteiger partial charge in [0.1, 0.15) is 11.4 Å². The zero-order valence-electron chi connectivity index (χ0n) is 14.7. The standard InChI is InChI=1S/C19H17ClN2O4S/c1-2-26-15(23)10-21-18-16(13-4-3-5-14(13)27-18)17(24)22(19(21)25)12-8-6-11(20)7-9-12/h6-9H,2-5,10H2,1H3. The highest BCUT2D eigenvalue weighted by Crippen LogP contribution is 2.35. The molecule has 3 aromatic rings. The van der Waals surface area contributed by atoms with Crippen LogP contribution in [-0.4, -0.2) is 21.7 Å². The van der Waals surface area contributed by atoms with Gasteiger partial charge in [-0.05, 0) is 56.0 Å². The summed E-state index contributed by atoms with van der Waals surface area (Å²) in [6, 6.07) is 6.50. The first-order chi connectivity index (χ1) is 13.0. The zero-order chi connectivity index (χ0) is 19.1. The molecule has 0 amide bonds. The van der Waals surface area contributed by atoms with E-state index in [1.165, 1.54) is 15.9 Å². The Morgan fingerprint density at radius 3 is 2.67 bits per heavy atom. The van der Waals surface area contributed by atoms with Crippen LogP contribution >= 0.6 is 22.9 Å². The van der Waals surface area contributed by atoms with Gasteiger partial charge in [0.2, 0.25) is 0 Å². The molecule has 0 radical (unpaired) electrons. The summed E-state index contributed by atoms with van der Waals surface area (Å²) < 4.78 is 7.49. The smallest absolute Gasteiger partial charge is 0.337 e. The van der Waals surface area contributed by atoms with Crippen LogP contribution in [0.4, 0.5) is 0 Å². The molecule has 8 heteroatoms. The summed E-state index contributed by atoms with van der Waals surface area (Å²) >= 11 is 7.37. The number of benzene rings is 1. The van der Waals surface area contributed by atoms with Crippen molar-refractivity contribution in [2.45, 2.75) is 32.7 Å². The van der Waals surface area contributed by atoms with Gasteiger partial charge in [0.25, 0.3) is 5.56 Å². The number of hydrogen-bond donors (Lipinski definition) is 0. The summed E-state index contributed by atoms with van der Waals surface area (Å²) in [5, 5.41) is 1.04. The van der Waals surface area contributed by atoms with Gasteiger partial charge in [0, 0.05) is 9.90 Å². The number of halogens is 1. The Bertz CT molecular complexity index is 1160. The predicted octanol–water partition coefficient (Wildman–Crippen LogP) is 2.92. The lowest BCUT2D eigenvalue weighted by atomic mass is 10.2. The van der Waals surface area contributed by atoms with Crippen LogP contribution in [0.1, 0.15) is 23.8 Å². The van der Waals surface area contributed by atoms with E-state index in [2.05, 4.69) is 0 Å². The van der Waals surface area contributed by atoms with Gasteiger partial charge < -0.3 is 4.74 Å². The maximum atomic E-state index is 13.2. The number of hydrogen-bond acceptors (Lipinski definition) is 5. The largest absolute Gasteiger partial charge is 0.465 e. The maximum absolute atomic E-state index is 13.2. The molecule has 0 fully saturated rings. The molecule has 2 aromatic heterocycles. The highest BCUT2D eigenvalue weighted by Gasteiger charge is 2.26. The minimum Gasteiger partial charge on any atom is -0.465 e. The van der Waals surface area contributed by atoms with Crippen molar-refractivity contribution in [3.05, 3.63) is 60.6 Å². The minimum absolute atomic E-state index is 0.226. The predicted molar refractivity (Wildman–Crippen MR) is 105 cm³/mol. The average molecular weight is 405 g/mol. The molecule has 0 saturated carbocycles. The summed E-state index contributed by atoms with van der Waals surface area (Å²) in [5.74, 6) is -0.504. The number of ether oxygens (including phenoxy) is 1. The Kier molecular flexibility index (Phi) is 4.65. The van der Waals surface area contributed by atoms with Crippen LogP contribution in [0.2, 0.25) is 5.02 Å². The molecule has 1 aliphatic carbocycles. The molecular weight excluding hydrogens is 388 g/mol. The van der Waals surface area contributed by atoms with E-state index >= 15 is 0 Å². The van der Waals surface area contributed by atoms with E-state index in [9.17, 15) is 14.4 Å². The lowest BCUT2D eigenvalue weighted by molar-refractivity contribution is -0.143. The van der Waals surface area contributed by atoms with E-state index in [0.717, 1.165) is 34.3 Å². The van der Waals surface area contributed by atoms with Crippen molar-refractivity contribution in [1.29, 1.82) is 0 Å². The van der Waals surface area contributed by atoms with E-state index in [-0.39, 0.29) is 18.7 Å². The molecule has 1 aromatic carbocycles. The fraction of sp³-hybridized carbons (Fsp3) is 0.316. The molecule has 27 heavy (non-hydrogen) atoms. The number of carbonyl (C=O) groups is 1. The fourth-order valence-electron chi connectivity index (χ4n) is 3.50. The molecule has 0 aliphatic heterocycles. The van der Waals surface area contributed by atoms with Gasteiger partial charge in [-0.15, -0.1) is 11.3 Å². The molecule has 0 bridgehead atoms. The SMILES string of the molecule is CCOC(=O)Cn1c(=O)n(-c2ccc(Cl)cc2)c(=O)c2c3c(sc21)CCC3. The van der Waals surface area contributed by atoms with Crippen molar-refractivity contribution < 1.29 is 9.53 Å². The average Bonchev–Trinajstić information content (AvgIpc) is 3.21. The second-order valence-electron chi connectivity index (χ2n) is 6.33. The molecular formula is C19H17ClN2O4S. The molecule has 2 heterocycles. The molecule has 1 aliphatic rings. The molecule has 0 atom stereocenters. The number of esters is 1. The third kappa shape index (κ3) is 3.00. The van der Waals surface area contributed by atoms with E-state index in [0.29, 0.717) is 20.9 Å². The highest BCUT2D eigenvalue weighted by molar-refractivity contribution is 7.19. The highest BCUT2D eigenvalue weighted by atomic mass is 35.5. The number of carbonyl (C=O) groups excluding carboxylic acids is 1. The third-order valence-corrected chi connectivity index (χ3v) is 6.23. The van der Waals surface area contributed by atoms with Gasteiger partial charge in [-0.1, -0.05) is 11.6 Å². The Morgan fingerprint density at radius 2 is 1.96 bits per heavy atom. The van der Waals surface area contributed by atoms with Crippen LogP contribution in [0.25, 0.3) is 15.9 Å². The fourth-order valence-corrected chi connectivity index (χ4v) is 5.00. The van der Waals surface area contributed by atoms with Crippen LogP contribution in [0.15, 0.2) is 33.9 Å². The zero-order valence-corrected chi connectivity index (χ0v) is 16.2. The number of thiophene rings is 1. The first kappa shape index (κ1) is 18.0. The number of rotatable bonds is 4. The van der Waals surface area contributed by atoms with E-state index in [4.69, 9.17) is 16.3 Å². The lowest BCUT2D eigenvalue weighted by Crippen LogP contribution is -2.40. The number of aromatic nitrogens is 2. The minimum atomic E-state index is -0.553. The van der Waals surface area contributed by atoms with Crippen LogP contribution in [0.5, 0.6) is 0 Å². The van der Waals surface area contributed by atoms with Gasteiger partial charge in [-0.2, -0.15) is 0 Å². The van der Waals surface area contributed by atoms with Crippen LogP contribution < -0.4 is 11.2 Å². The Morgan fingerprint density at radius 1 is 1.22 bits per heavy atom. The number of fused-ring (bicyclic) bond motifs is 3. The monoisotopic (exact) mass is 404 g/mol. The topological polar surface area (TPSA) is 70.3 Å². The van der Waals surface area contributed by atoms with E-state index < -0.39 is 11.7 Å². The molecule has 0 spiro atoms. The maximum Gasteiger partial charge on any atom is 0.337 e. The van der Waals surface area contributed by atoms with Gasteiger partial charge in [-0.25, -0.2) is 9.36 Å². The Labute approximate surface area is 163 Å². The summed E-state index contributed by atoms with van der Waals surface area (Å²) in [5.41, 5.74) is 0.520. The Balaban J connectivity index is 2.03. The molecule has 0 unspecified atom stereocenters. The normalized spacial score (nSPS) is 13.1. The first-order valence-corrected chi connectivity index (χ1v) is 9.92. The molecule has 6 nitrogen and oxygen atoms in total. The molecule has 4 rings (SSSR count). The van der Waals surface area contributed by atoms with Crippen LogP contribution in [0, 0.1) is 0 Å². The van der Waals surface area contributed by atoms with Crippen molar-refractivity contribution in [2.75, 3.05) is 6.61 Å². The molecule has 0 N–H and O–H groups in total. The second kappa shape index (κ2) is 6.98. The van der Waals surface area contributed by atoms with Gasteiger partial charge in [0.15, 0.2) is 0 Å². The van der Waals surface area contributed by atoms with E-state index in [1.54, 1.807) is 31.2 Å². The van der Waals surface area contributed by atoms with Gasteiger partial charge in [0.05, 0.1) is 17.7 Å². The van der Waals surface area contributed by atoms with Gasteiger partial charge in [-0.3, -0.25) is 14.2 Å². The summed E-state index contributed by atoms with van der Waals surface area (Å²) in [7, 11) is 0. The van der Waals surface area contributed by atoms with Crippen molar-refractivity contribution in [3.63, 3.8) is 0 Å². The summed E-state index contributed by atoms with van der Waals surface area (Å²) in [6.45, 7) is 1.72. The summed E-state index contributed by atoms with van der Waals surface area (Å²) in [4.78, 5) is 40.1. The van der Waals surface area contributed by atoms with Crippen LogP contribution in [0.3, 0.4) is 0 Å². The van der Waals surface area contributed by atoms with Crippen molar-refractivity contribution in [2.24, 2.45) is 0 Å². The first-order valence-electron chi connectivity index (χ1n) is 8.73. The second-order valence-corrected chi connectivity index (χ2v) is 7.85. The summed E-state index contributed by atoms with van der Waals surface area (Å²) in [6.07, 6.45) is 2.69. The number of aryl methyl sites for hydroxylation is 2. The Hall–Kier alpha value is -2.38.